The average Bonchev–Trinajstić information content (AvgIpc) is 2.38. The Kier molecular flexibility index (Phi) is 3.88. The molecule has 0 saturated carbocycles. The summed E-state index contributed by atoms with van der Waals surface area (Å²) in [6.07, 6.45) is 1.60. The molecule has 0 aliphatic heterocycles. The molecule has 0 unspecified atom stereocenters. The van der Waals surface area contributed by atoms with E-state index in [0.717, 1.165) is 0 Å². The molecule has 0 atom stereocenters. The molecule has 18 heavy (non-hydrogen) atoms. The van der Waals surface area contributed by atoms with Gasteiger partial charge in [0.05, 0.1) is 13.7 Å². The number of methoxy groups -OCH3 is 1. The maximum atomic E-state index is 5.81. The number of aromatic nitrogens is 4. The van der Waals surface area contributed by atoms with E-state index >= 15 is 0 Å². The normalized spacial score (nSPS) is 10.2. The first-order chi connectivity index (χ1) is 8.72. The Morgan fingerprint density at radius 2 is 2.06 bits per heavy atom. The molecule has 0 radical (unpaired) electrons. The fourth-order valence-corrected chi connectivity index (χ4v) is 1.44. The highest BCUT2D eigenvalue weighted by atomic mass is 35.5. The number of halogens is 1. The van der Waals surface area contributed by atoms with E-state index in [9.17, 15) is 0 Å². The maximum Gasteiger partial charge on any atom is 0.321 e. The third-order valence-corrected chi connectivity index (χ3v) is 2.23. The van der Waals surface area contributed by atoms with E-state index in [-0.39, 0.29) is 11.3 Å². The van der Waals surface area contributed by atoms with E-state index in [1.165, 1.54) is 0 Å². The lowest BCUT2D eigenvalue weighted by Crippen LogP contribution is -2.01. The molecule has 0 saturated heterocycles. The smallest absolute Gasteiger partial charge is 0.321 e. The van der Waals surface area contributed by atoms with Gasteiger partial charge in [-0.1, -0.05) is 0 Å². The molecule has 0 bridgehead atoms. The molecular weight excluding hydrogens is 256 g/mol. The van der Waals surface area contributed by atoms with E-state index in [2.05, 4.69) is 19.9 Å². The van der Waals surface area contributed by atoms with Crippen molar-refractivity contribution in [1.29, 1.82) is 0 Å². The third kappa shape index (κ3) is 2.84. The van der Waals surface area contributed by atoms with E-state index < -0.39 is 0 Å². The minimum absolute atomic E-state index is 0.0827. The maximum absolute atomic E-state index is 5.81. The van der Waals surface area contributed by atoms with Crippen LogP contribution in [0.25, 0.3) is 11.4 Å². The fourth-order valence-electron chi connectivity index (χ4n) is 1.29. The summed E-state index contributed by atoms with van der Waals surface area (Å²) in [5.74, 6) is 0.928. The van der Waals surface area contributed by atoms with Crippen LogP contribution in [0.15, 0.2) is 18.3 Å². The van der Waals surface area contributed by atoms with E-state index in [1.54, 1.807) is 25.4 Å². The summed E-state index contributed by atoms with van der Waals surface area (Å²) in [7, 11) is 1.55. The Morgan fingerprint density at radius 1 is 1.22 bits per heavy atom. The van der Waals surface area contributed by atoms with Gasteiger partial charge in [-0.05, 0) is 24.6 Å². The van der Waals surface area contributed by atoms with Crippen molar-refractivity contribution in [3.05, 3.63) is 23.6 Å². The van der Waals surface area contributed by atoms with Gasteiger partial charge in [-0.25, -0.2) is 4.98 Å². The molecule has 2 aromatic heterocycles. The van der Waals surface area contributed by atoms with Crippen molar-refractivity contribution in [3.8, 4) is 23.3 Å². The van der Waals surface area contributed by atoms with Crippen molar-refractivity contribution in [1.82, 2.24) is 19.9 Å². The highest BCUT2D eigenvalue weighted by molar-refractivity contribution is 6.28. The first kappa shape index (κ1) is 12.5. The molecule has 2 aromatic rings. The van der Waals surface area contributed by atoms with Crippen molar-refractivity contribution in [2.75, 3.05) is 13.7 Å². The van der Waals surface area contributed by atoms with Crippen LogP contribution in [0.5, 0.6) is 11.9 Å². The van der Waals surface area contributed by atoms with Crippen molar-refractivity contribution < 1.29 is 9.47 Å². The van der Waals surface area contributed by atoms with Crippen LogP contribution in [-0.2, 0) is 0 Å². The van der Waals surface area contributed by atoms with Gasteiger partial charge in [0.1, 0.15) is 0 Å². The topological polar surface area (TPSA) is 70.0 Å². The van der Waals surface area contributed by atoms with Crippen LogP contribution in [0, 0.1) is 0 Å². The summed E-state index contributed by atoms with van der Waals surface area (Å²) in [6, 6.07) is 3.70. The number of hydrogen-bond donors (Lipinski definition) is 0. The highest BCUT2D eigenvalue weighted by Gasteiger charge is 2.08. The molecule has 2 rings (SSSR count). The molecule has 0 spiro atoms. The largest absolute Gasteiger partial charge is 0.481 e. The Morgan fingerprint density at radius 3 is 2.67 bits per heavy atom. The second-order valence-electron chi connectivity index (χ2n) is 3.23. The molecule has 0 aliphatic rings. The molecule has 2 heterocycles. The first-order valence-electron chi connectivity index (χ1n) is 5.27. The molecule has 7 heteroatoms. The molecule has 6 nitrogen and oxygen atoms in total. The number of ether oxygens (including phenoxy) is 2. The number of pyridine rings is 1. The van der Waals surface area contributed by atoms with Crippen molar-refractivity contribution >= 4 is 11.6 Å². The molecule has 0 amide bonds. The quantitative estimate of drug-likeness (QED) is 0.843. The van der Waals surface area contributed by atoms with Gasteiger partial charge in [0.15, 0.2) is 5.82 Å². The van der Waals surface area contributed by atoms with Gasteiger partial charge in [-0.15, -0.1) is 0 Å². The predicted octanol–water partition coefficient (Wildman–Crippen LogP) is 1.99. The Bertz CT molecular complexity index is 533. The first-order valence-corrected chi connectivity index (χ1v) is 5.65. The van der Waals surface area contributed by atoms with E-state index in [1.807, 2.05) is 6.92 Å². The second kappa shape index (κ2) is 5.59. The summed E-state index contributed by atoms with van der Waals surface area (Å²) in [5.41, 5.74) is 0.709. The van der Waals surface area contributed by atoms with Gasteiger partial charge < -0.3 is 9.47 Å². The standard InChI is InChI=1S/C11H11ClN4O2/c1-3-18-11-15-9(14-10(12)16-11)7-4-5-8(17-2)13-6-7/h4-6H,3H2,1-2H3. The molecule has 0 fully saturated rings. The van der Waals surface area contributed by atoms with Gasteiger partial charge in [-0.2, -0.15) is 15.0 Å². The van der Waals surface area contributed by atoms with Gasteiger partial charge >= 0.3 is 6.01 Å². The zero-order valence-electron chi connectivity index (χ0n) is 9.92. The van der Waals surface area contributed by atoms with Crippen LogP contribution in [0.3, 0.4) is 0 Å². The Balaban J connectivity index is 2.36. The summed E-state index contributed by atoms with van der Waals surface area (Å²) in [6.45, 7) is 2.30. The Hall–Kier alpha value is -1.95. The average molecular weight is 267 g/mol. The summed E-state index contributed by atoms with van der Waals surface area (Å²) in [4.78, 5) is 16.1. The lowest BCUT2D eigenvalue weighted by atomic mass is 10.3. The molecule has 0 aromatic carbocycles. The predicted molar refractivity (Wildman–Crippen MR) is 65.8 cm³/mol. The molecular formula is C11H11ClN4O2. The number of hydrogen-bond acceptors (Lipinski definition) is 6. The van der Waals surface area contributed by atoms with Gasteiger partial charge in [0, 0.05) is 17.8 Å². The van der Waals surface area contributed by atoms with Crippen LogP contribution in [0.2, 0.25) is 5.28 Å². The van der Waals surface area contributed by atoms with Gasteiger partial charge in [-0.3, -0.25) is 0 Å². The van der Waals surface area contributed by atoms with Crippen molar-refractivity contribution in [2.45, 2.75) is 6.92 Å². The lowest BCUT2D eigenvalue weighted by Gasteiger charge is -2.04. The zero-order valence-corrected chi connectivity index (χ0v) is 10.7. The van der Waals surface area contributed by atoms with Crippen molar-refractivity contribution in [3.63, 3.8) is 0 Å². The van der Waals surface area contributed by atoms with Crippen LogP contribution < -0.4 is 9.47 Å². The highest BCUT2D eigenvalue weighted by Crippen LogP contribution is 2.19. The molecule has 0 aliphatic carbocycles. The van der Waals surface area contributed by atoms with E-state index in [4.69, 9.17) is 21.1 Å². The minimum atomic E-state index is 0.0827. The van der Waals surface area contributed by atoms with E-state index in [0.29, 0.717) is 23.9 Å². The van der Waals surface area contributed by atoms with Crippen LogP contribution in [-0.4, -0.2) is 33.7 Å². The van der Waals surface area contributed by atoms with Crippen LogP contribution in [0.4, 0.5) is 0 Å². The fraction of sp³-hybridized carbons (Fsp3) is 0.273. The van der Waals surface area contributed by atoms with Gasteiger partial charge in [0.25, 0.3) is 0 Å². The summed E-state index contributed by atoms with van der Waals surface area (Å²) < 4.78 is 10.2. The minimum Gasteiger partial charge on any atom is -0.481 e. The SMILES string of the molecule is CCOc1nc(Cl)nc(-c2ccc(OC)nc2)n1. The van der Waals surface area contributed by atoms with Crippen LogP contribution in [0.1, 0.15) is 6.92 Å². The third-order valence-electron chi connectivity index (χ3n) is 2.06. The lowest BCUT2D eigenvalue weighted by molar-refractivity contribution is 0.312. The number of nitrogens with zero attached hydrogens (tertiary/aromatic N) is 4. The zero-order chi connectivity index (χ0) is 13.0. The Labute approximate surface area is 109 Å². The summed E-state index contributed by atoms with van der Waals surface area (Å²) >= 11 is 5.81. The second-order valence-corrected chi connectivity index (χ2v) is 3.57. The summed E-state index contributed by atoms with van der Waals surface area (Å²) in [5, 5.41) is 0.0827. The number of rotatable bonds is 4. The molecule has 94 valence electrons. The van der Waals surface area contributed by atoms with Gasteiger partial charge in [0.2, 0.25) is 11.2 Å². The molecule has 0 N–H and O–H groups in total. The van der Waals surface area contributed by atoms with Crippen LogP contribution >= 0.6 is 11.6 Å². The van der Waals surface area contributed by atoms with Crippen molar-refractivity contribution in [2.24, 2.45) is 0 Å². The monoisotopic (exact) mass is 266 g/mol.